The summed E-state index contributed by atoms with van der Waals surface area (Å²) in [6.45, 7) is 3.79. The van der Waals surface area contributed by atoms with E-state index in [1.165, 1.54) is 6.07 Å². The maximum atomic E-state index is 13.8. The van der Waals surface area contributed by atoms with E-state index in [9.17, 15) is 4.39 Å². The molecule has 2 rings (SSSR count). The summed E-state index contributed by atoms with van der Waals surface area (Å²) in [5.41, 5.74) is 9.73. The molecule has 16 heavy (non-hydrogen) atoms. The molecule has 0 radical (unpaired) electrons. The van der Waals surface area contributed by atoms with Gasteiger partial charge in [0, 0.05) is 11.3 Å². The van der Waals surface area contributed by atoms with Crippen LogP contribution in [0.15, 0.2) is 36.4 Å². The first-order valence-electron chi connectivity index (χ1n) is 5.20. The van der Waals surface area contributed by atoms with E-state index in [4.69, 9.17) is 5.73 Å². The molecule has 82 valence electrons. The lowest BCUT2D eigenvalue weighted by Crippen LogP contribution is -1.93. The van der Waals surface area contributed by atoms with Crippen LogP contribution in [0.3, 0.4) is 0 Å². The molecule has 0 saturated carbocycles. The Bertz CT molecular complexity index is 532. The molecular formula is C14H14FN. The highest BCUT2D eigenvalue weighted by atomic mass is 19.1. The number of rotatable bonds is 1. The first-order valence-corrected chi connectivity index (χ1v) is 5.20. The first kappa shape index (κ1) is 10.7. The van der Waals surface area contributed by atoms with Crippen molar-refractivity contribution in [1.82, 2.24) is 0 Å². The highest BCUT2D eigenvalue weighted by Crippen LogP contribution is 2.27. The van der Waals surface area contributed by atoms with Gasteiger partial charge in [-0.25, -0.2) is 4.39 Å². The molecule has 0 aliphatic carbocycles. The normalized spacial score (nSPS) is 10.4. The summed E-state index contributed by atoms with van der Waals surface area (Å²) in [6, 6.07) is 10.9. The van der Waals surface area contributed by atoms with Gasteiger partial charge in [-0.2, -0.15) is 0 Å². The molecule has 0 unspecified atom stereocenters. The van der Waals surface area contributed by atoms with Crippen molar-refractivity contribution in [1.29, 1.82) is 0 Å². The van der Waals surface area contributed by atoms with Gasteiger partial charge < -0.3 is 5.73 Å². The minimum atomic E-state index is -0.225. The van der Waals surface area contributed by atoms with Crippen LogP contribution in [0.25, 0.3) is 11.1 Å². The second-order valence-electron chi connectivity index (χ2n) is 4.06. The highest BCUT2D eigenvalue weighted by Gasteiger charge is 2.07. The van der Waals surface area contributed by atoms with E-state index in [-0.39, 0.29) is 5.82 Å². The molecule has 0 amide bonds. The van der Waals surface area contributed by atoms with Crippen LogP contribution < -0.4 is 5.73 Å². The average molecular weight is 215 g/mol. The van der Waals surface area contributed by atoms with Crippen LogP contribution in [0.2, 0.25) is 0 Å². The molecule has 0 heterocycles. The quantitative estimate of drug-likeness (QED) is 0.721. The molecule has 0 aliphatic rings. The molecule has 0 atom stereocenters. The van der Waals surface area contributed by atoms with Crippen molar-refractivity contribution in [2.24, 2.45) is 0 Å². The van der Waals surface area contributed by atoms with E-state index in [1.54, 1.807) is 13.0 Å². The van der Waals surface area contributed by atoms with Crippen LogP contribution in [-0.4, -0.2) is 0 Å². The smallest absolute Gasteiger partial charge is 0.131 e. The van der Waals surface area contributed by atoms with Gasteiger partial charge in [0.1, 0.15) is 5.82 Å². The van der Waals surface area contributed by atoms with Gasteiger partial charge in [-0.15, -0.1) is 0 Å². The predicted octanol–water partition coefficient (Wildman–Crippen LogP) is 3.69. The number of hydrogen-bond donors (Lipinski definition) is 1. The Hall–Kier alpha value is -1.83. The van der Waals surface area contributed by atoms with Gasteiger partial charge in [-0.1, -0.05) is 29.8 Å². The fourth-order valence-corrected chi connectivity index (χ4v) is 1.72. The van der Waals surface area contributed by atoms with Crippen LogP contribution >= 0.6 is 0 Å². The Labute approximate surface area is 94.7 Å². The van der Waals surface area contributed by atoms with Crippen molar-refractivity contribution in [3.63, 3.8) is 0 Å². The SMILES string of the molecule is Cc1cccc(-c2cc(N)c(C)cc2F)c1. The zero-order chi connectivity index (χ0) is 11.7. The summed E-state index contributed by atoms with van der Waals surface area (Å²) < 4.78 is 13.8. The Morgan fingerprint density at radius 3 is 2.50 bits per heavy atom. The number of nitrogens with two attached hydrogens (primary N) is 1. The molecule has 2 heteroatoms. The van der Waals surface area contributed by atoms with Crippen LogP contribution in [-0.2, 0) is 0 Å². The van der Waals surface area contributed by atoms with E-state index >= 15 is 0 Å². The van der Waals surface area contributed by atoms with E-state index in [2.05, 4.69) is 0 Å². The van der Waals surface area contributed by atoms with Crippen molar-refractivity contribution in [3.05, 3.63) is 53.3 Å². The number of anilines is 1. The number of nitrogen functional groups attached to an aromatic ring is 1. The molecule has 2 aromatic rings. The molecule has 1 nitrogen and oxygen atoms in total. The Morgan fingerprint density at radius 1 is 1.06 bits per heavy atom. The largest absolute Gasteiger partial charge is 0.398 e. The zero-order valence-corrected chi connectivity index (χ0v) is 9.42. The summed E-state index contributed by atoms with van der Waals surface area (Å²) in [7, 11) is 0. The summed E-state index contributed by atoms with van der Waals surface area (Å²) in [4.78, 5) is 0. The van der Waals surface area contributed by atoms with Crippen molar-refractivity contribution in [2.75, 3.05) is 5.73 Å². The van der Waals surface area contributed by atoms with Gasteiger partial charge >= 0.3 is 0 Å². The second kappa shape index (κ2) is 3.97. The van der Waals surface area contributed by atoms with Gasteiger partial charge in [-0.05, 0) is 37.1 Å². The first-order chi connectivity index (χ1) is 7.58. The molecule has 0 fully saturated rings. The zero-order valence-electron chi connectivity index (χ0n) is 9.42. The summed E-state index contributed by atoms with van der Waals surface area (Å²) in [5, 5.41) is 0. The van der Waals surface area contributed by atoms with Gasteiger partial charge in [0.05, 0.1) is 0 Å². The predicted molar refractivity (Wildman–Crippen MR) is 65.7 cm³/mol. The van der Waals surface area contributed by atoms with E-state index in [1.807, 2.05) is 31.2 Å². The molecule has 2 aromatic carbocycles. The fraction of sp³-hybridized carbons (Fsp3) is 0.143. The Kier molecular flexibility index (Phi) is 2.65. The molecular weight excluding hydrogens is 201 g/mol. The third kappa shape index (κ3) is 1.91. The average Bonchev–Trinajstić information content (AvgIpc) is 2.23. The number of benzene rings is 2. The topological polar surface area (TPSA) is 26.0 Å². The molecule has 0 spiro atoms. The summed E-state index contributed by atoms with van der Waals surface area (Å²) >= 11 is 0. The number of hydrogen-bond acceptors (Lipinski definition) is 1. The van der Waals surface area contributed by atoms with Crippen molar-refractivity contribution < 1.29 is 4.39 Å². The molecule has 2 N–H and O–H groups in total. The lowest BCUT2D eigenvalue weighted by Gasteiger charge is -2.08. The Morgan fingerprint density at radius 2 is 1.81 bits per heavy atom. The number of aryl methyl sites for hydroxylation is 2. The lowest BCUT2D eigenvalue weighted by atomic mass is 10.0. The molecule has 0 aliphatic heterocycles. The monoisotopic (exact) mass is 215 g/mol. The lowest BCUT2D eigenvalue weighted by molar-refractivity contribution is 0.630. The minimum Gasteiger partial charge on any atom is -0.398 e. The minimum absolute atomic E-state index is 0.225. The third-order valence-electron chi connectivity index (χ3n) is 2.68. The summed E-state index contributed by atoms with van der Waals surface area (Å²) in [5.74, 6) is -0.225. The summed E-state index contributed by atoms with van der Waals surface area (Å²) in [6.07, 6.45) is 0. The van der Waals surface area contributed by atoms with Gasteiger partial charge in [0.2, 0.25) is 0 Å². The van der Waals surface area contributed by atoms with Gasteiger partial charge in [-0.3, -0.25) is 0 Å². The molecule has 0 bridgehead atoms. The van der Waals surface area contributed by atoms with E-state index in [0.29, 0.717) is 11.3 Å². The molecule has 0 aromatic heterocycles. The Balaban J connectivity index is 2.60. The van der Waals surface area contributed by atoms with Crippen molar-refractivity contribution in [2.45, 2.75) is 13.8 Å². The second-order valence-corrected chi connectivity index (χ2v) is 4.06. The highest BCUT2D eigenvalue weighted by molar-refractivity contribution is 5.70. The van der Waals surface area contributed by atoms with Crippen molar-refractivity contribution in [3.8, 4) is 11.1 Å². The van der Waals surface area contributed by atoms with E-state index < -0.39 is 0 Å². The standard InChI is InChI=1S/C14H14FN/c1-9-4-3-5-11(6-9)12-8-14(16)10(2)7-13(12)15/h3-8H,16H2,1-2H3. The van der Waals surface area contributed by atoms with Crippen LogP contribution in [0.5, 0.6) is 0 Å². The van der Waals surface area contributed by atoms with Gasteiger partial charge in [0.25, 0.3) is 0 Å². The third-order valence-corrected chi connectivity index (χ3v) is 2.68. The van der Waals surface area contributed by atoms with Crippen LogP contribution in [0.1, 0.15) is 11.1 Å². The maximum absolute atomic E-state index is 13.8. The fourth-order valence-electron chi connectivity index (χ4n) is 1.72. The molecule has 0 saturated heterocycles. The number of halogens is 1. The van der Waals surface area contributed by atoms with Gasteiger partial charge in [0.15, 0.2) is 0 Å². The van der Waals surface area contributed by atoms with Crippen LogP contribution in [0.4, 0.5) is 10.1 Å². The van der Waals surface area contributed by atoms with E-state index in [0.717, 1.165) is 16.7 Å². The van der Waals surface area contributed by atoms with Crippen molar-refractivity contribution >= 4 is 5.69 Å². The maximum Gasteiger partial charge on any atom is 0.131 e. The van der Waals surface area contributed by atoms with Crippen LogP contribution in [0, 0.1) is 19.7 Å².